The van der Waals surface area contributed by atoms with Crippen molar-refractivity contribution in [3.63, 3.8) is 0 Å². The molecule has 1 aliphatic rings. The first-order chi connectivity index (χ1) is 15.5. The molecule has 1 unspecified atom stereocenters. The summed E-state index contributed by atoms with van der Waals surface area (Å²) in [5.74, 6) is -0.725. The van der Waals surface area contributed by atoms with E-state index in [-0.39, 0.29) is 17.8 Å². The number of esters is 1. The summed E-state index contributed by atoms with van der Waals surface area (Å²) in [5, 5.41) is 3.36. The Balaban J connectivity index is 1.55. The lowest BCUT2D eigenvalue weighted by Crippen LogP contribution is -2.49. The highest BCUT2D eigenvalue weighted by Crippen LogP contribution is 2.20. The van der Waals surface area contributed by atoms with E-state index in [9.17, 15) is 14.0 Å². The van der Waals surface area contributed by atoms with E-state index in [2.05, 4.69) is 17.4 Å². The molecule has 1 amide bonds. The van der Waals surface area contributed by atoms with E-state index in [1.165, 1.54) is 30.4 Å². The van der Waals surface area contributed by atoms with Gasteiger partial charge in [0.25, 0.3) is 0 Å². The summed E-state index contributed by atoms with van der Waals surface area (Å²) in [6.07, 6.45) is 0.621. The lowest BCUT2D eigenvalue weighted by Gasteiger charge is -2.31. The zero-order valence-corrected chi connectivity index (χ0v) is 17.9. The third-order valence-corrected chi connectivity index (χ3v) is 5.73. The van der Waals surface area contributed by atoms with Crippen LogP contribution in [-0.4, -0.2) is 29.9 Å². The topological polar surface area (TPSA) is 58.6 Å². The smallest absolute Gasteiger partial charge is 0.337 e. The Kier molecular flexibility index (Phi) is 6.61. The number of ether oxygens (including phenoxy) is 1. The van der Waals surface area contributed by atoms with E-state index in [0.29, 0.717) is 31.6 Å². The molecule has 0 saturated carbocycles. The summed E-state index contributed by atoms with van der Waals surface area (Å²) in [4.78, 5) is 27.0. The first-order valence-corrected chi connectivity index (χ1v) is 10.5. The Morgan fingerprint density at radius 1 is 0.938 bits per heavy atom. The molecule has 32 heavy (non-hydrogen) atoms. The number of nitrogens with zero attached hydrogens (tertiary/aromatic N) is 1. The quantitative estimate of drug-likeness (QED) is 0.601. The highest BCUT2D eigenvalue weighted by molar-refractivity contribution is 5.89. The minimum absolute atomic E-state index is 0.0131. The zero-order chi connectivity index (χ0) is 22.5. The summed E-state index contributed by atoms with van der Waals surface area (Å²) in [6.45, 7) is 1.37. The van der Waals surface area contributed by atoms with Crippen molar-refractivity contribution in [3.05, 3.63) is 106 Å². The number of hydrogen-bond acceptors (Lipinski definition) is 4. The van der Waals surface area contributed by atoms with Crippen LogP contribution >= 0.6 is 0 Å². The third-order valence-electron chi connectivity index (χ3n) is 5.73. The number of amides is 1. The number of halogens is 1. The minimum Gasteiger partial charge on any atom is -0.465 e. The Hall–Kier alpha value is -3.51. The van der Waals surface area contributed by atoms with Crippen LogP contribution in [0.4, 0.5) is 4.39 Å². The molecule has 5 nitrogen and oxygen atoms in total. The van der Waals surface area contributed by atoms with Crippen LogP contribution in [0.5, 0.6) is 0 Å². The van der Waals surface area contributed by atoms with Gasteiger partial charge in [-0.2, -0.15) is 0 Å². The number of rotatable bonds is 6. The second kappa shape index (κ2) is 9.75. The van der Waals surface area contributed by atoms with Crippen LogP contribution in [0.1, 0.15) is 32.6 Å². The average molecular weight is 432 g/mol. The molecular formula is C26H25FN2O3. The number of hydrogen-bond donors (Lipinski definition) is 1. The highest BCUT2D eigenvalue weighted by atomic mass is 19.1. The van der Waals surface area contributed by atoms with Crippen LogP contribution in [-0.2, 0) is 35.6 Å². The van der Waals surface area contributed by atoms with Gasteiger partial charge in [0.05, 0.1) is 18.7 Å². The molecule has 3 aromatic carbocycles. The molecule has 6 heteroatoms. The fraction of sp³-hybridized carbons (Fsp3) is 0.231. The maximum Gasteiger partial charge on any atom is 0.337 e. The van der Waals surface area contributed by atoms with Gasteiger partial charge < -0.3 is 15.0 Å². The minimum atomic E-state index is -0.402. The van der Waals surface area contributed by atoms with Gasteiger partial charge in [-0.05, 0) is 52.9 Å². The van der Waals surface area contributed by atoms with Crippen LogP contribution in [0.25, 0.3) is 0 Å². The summed E-state index contributed by atoms with van der Waals surface area (Å²) in [7, 11) is 1.34. The summed E-state index contributed by atoms with van der Waals surface area (Å²) in [5.41, 5.74) is 4.58. The van der Waals surface area contributed by atoms with Crippen LogP contribution in [0, 0.1) is 5.82 Å². The van der Waals surface area contributed by atoms with E-state index < -0.39 is 5.97 Å². The number of nitrogens with one attached hydrogen (secondary N) is 1. The standard InChI is InChI=1S/C26H25FN2O3/c1-32-26(31)20-10-6-18(7-11-20)16-29(17-19-8-12-23(27)13-9-19)25(30)24-14-21-4-2-3-5-22(21)15-28-24/h2-13,24,28H,14-17H2,1H3. The van der Waals surface area contributed by atoms with Gasteiger partial charge >= 0.3 is 5.97 Å². The van der Waals surface area contributed by atoms with Crippen LogP contribution in [0.3, 0.4) is 0 Å². The van der Waals surface area contributed by atoms with Crippen LogP contribution < -0.4 is 5.32 Å². The molecule has 1 aliphatic heterocycles. The molecule has 0 bridgehead atoms. The van der Waals surface area contributed by atoms with Crippen LogP contribution in [0.15, 0.2) is 72.8 Å². The average Bonchev–Trinajstić information content (AvgIpc) is 2.84. The zero-order valence-electron chi connectivity index (χ0n) is 17.9. The van der Waals surface area contributed by atoms with Gasteiger partial charge in [-0.1, -0.05) is 48.5 Å². The van der Waals surface area contributed by atoms with E-state index in [0.717, 1.165) is 11.1 Å². The molecule has 1 N–H and O–H groups in total. The Labute approximate surface area is 186 Å². The van der Waals surface area contributed by atoms with Crippen molar-refractivity contribution < 1.29 is 18.7 Å². The van der Waals surface area contributed by atoms with Crippen molar-refractivity contribution in [2.45, 2.75) is 32.1 Å². The monoisotopic (exact) mass is 432 g/mol. The molecule has 0 radical (unpaired) electrons. The lowest BCUT2D eigenvalue weighted by atomic mass is 9.95. The van der Waals surface area contributed by atoms with E-state index >= 15 is 0 Å². The maximum atomic E-state index is 13.5. The number of carbonyl (C=O) groups excluding carboxylic acids is 2. The predicted molar refractivity (Wildman–Crippen MR) is 119 cm³/mol. The van der Waals surface area contributed by atoms with Crippen molar-refractivity contribution >= 4 is 11.9 Å². The maximum absolute atomic E-state index is 13.5. The van der Waals surface area contributed by atoms with Crippen molar-refractivity contribution in [3.8, 4) is 0 Å². The van der Waals surface area contributed by atoms with Crippen LogP contribution in [0.2, 0.25) is 0 Å². The molecule has 1 heterocycles. The summed E-state index contributed by atoms with van der Waals surface area (Å²) >= 11 is 0. The molecule has 164 valence electrons. The molecule has 1 atom stereocenters. The Morgan fingerprint density at radius 2 is 1.53 bits per heavy atom. The summed E-state index contributed by atoms with van der Waals surface area (Å²) < 4.78 is 18.1. The van der Waals surface area contributed by atoms with E-state index in [4.69, 9.17) is 4.74 Å². The predicted octanol–water partition coefficient (Wildman–Crippen LogP) is 3.86. The normalized spacial score (nSPS) is 15.0. The van der Waals surface area contributed by atoms with Crippen molar-refractivity contribution in [2.24, 2.45) is 0 Å². The molecule has 0 aromatic heterocycles. The summed E-state index contributed by atoms with van der Waals surface area (Å²) in [6, 6.07) is 21.0. The molecule has 0 fully saturated rings. The van der Waals surface area contributed by atoms with Gasteiger partial charge in [0.2, 0.25) is 5.91 Å². The van der Waals surface area contributed by atoms with Gasteiger partial charge in [-0.3, -0.25) is 4.79 Å². The van der Waals surface area contributed by atoms with Gasteiger partial charge in [0.1, 0.15) is 5.82 Å². The highest BCUT2D eigenvalue weighted by Gasteiger charge is 2.28. The SMILES string of the molecule is COC(=O)c1ccc(CN(Cc2ccc(F)cc2)C(=O)C2Cc3ccccc3CN2)cc1. The van der Waals surface area contributed by atoms with Crippen molar-refractivity contribution in [1.82, 2.24) is 10.2 Å². The third kappa shape index (κ3) is 5.03. The Morgan fingerprint density at radius 3 is 2.16 bits per heavy atom. The number of carbonyl (C=O) groups is 2. The van der Waals surface area contributed by atoms with Crippen molar-refractivity contribution in [2.75, 3.05) is 7.11 Å². The molecule has 4 rings (SSSR count). The molecule has 0 spiro atoms. The van der Waals surface area contributed by atoms with Crippen molar-refractivity contribution in [1.29, 1.82) is 0 Å². The van der Waals surface area contributed by atoms with Gasteiger partial charge in [0, 0.05) is 19.6 Å². The molecule has 0 aliphatic carbocycles. The second-order valence-corrected chi connectivity index (χ2v) is 7.92. The number of fused-ring (bicyclic) bond motifs is 1. The van der Waals surface area contributed by atoms with Gasteiger partial charge in [0.15, 0.2) is 0 Å². The number of benzene rings is 3. The first-order valence-electron chi connectivity index (χ1n) is 10.5. The second-order valence-electron chi connectivity index (χ2n) is 7.92. The van der Waals surface area contributed by atoms with Gasteiger partial charge in [-0.15, -0.1) is 0 Å². The van der Waals surface area contributed by atoms with E-state index in [1.54, 1.807) is 29.2 Å². The first kappa shape index (κ1) is 21.7. The molecule has 3 aromatic rings. The number of methoxy groups -OCH3 is 1. The fourth-order valence-corrected chi connectivity index (χ4v) is 3.96. The fourth-order valence-electron chi connectivity index (χ4n) is 3.96. The largest absolute Gasteiger partial charge is 0.465 e. The van der Waals surface area contributed by atoms with Gasteiger partial charge in [-0.25, -0.2) is 9.18 Å². The molecular weight excluding hydrogens is 407 g/mol. The Bertz CT molecular complexity index is 1100. The lowest BCUT2D eigenvalue weighted by molar-refractivity contribution is -0.135. The molecule has 0 saturated heterocycles. The van der Waals surface area contributed by atoms with E-state index in [1.807, 2.05) is 24.3 Å².